The summed E-state index contributed by atoms with van der Waals surface area (Å²) in [6.45, 7) is 1.60. The highest BCUT2D eigenvalue weighted by Crippen LogP contribution is 2.31. The predicted molar refractivity (Wildman–Crippen MR) is 286 cm³/mol. The Morgan fingerprint density at radius 1 is 0.432 bits per heavy atom. The molecule has 4 N–H and O–H groups in total. The largest absolute Gasteiger partial charge is 0.489 e. The van der Waals surface area contributed by atoms with Gasteiger partial charge in [0.1, 0.15) is 74.1 Å². The lowest BCUT2D eigenvalue weighted by Gasteiger charge is -2.29. The van der Waals surface area contributed by atoms with E-state index in [0.717, 1.165) is 52.6 Å². The number of carbonyl (C=O) groups excluding carboxylic acids is 1. The molecule has 9 rings (SSSR count). The van der Waals surface area contributed by atoms with Crippen molar-refractivity contribution in [3.63, 3.8) is 0 Å². The number of anilines is 1. The number of nitrogens with one attached hydrogen (secondary N) is 2. The smallest absolute Gasteiger partial charge is 0.255 e. The Labute approximate surface area is 433 Å². The highest BCUT2D eigenvalue weighted by Gasteiger charge is 2.27. The van der Waals surface area contributed by atoms with Gasteiger partial charge in [-0.15, -0.1) is 0 Å². The van der Waals surface area contributed by atoms with Crippen molar-refractivity contribution in [2.24, 2.45) is 5.73 Å². The molecule has 1 saturated carbocycles. The number of ether oxygens (including phenoxy) is 6. The van der Waals surface area contributed by atoms with Crippen molar-refractivity contribution < 1.29 is 41.6 Å². The van der Waals surface area contributed by atoms with Gasteiger partial charge in [-0.3, -0.25) is 4.79 Å². The van der Waals surface area contributed by atoms with E-state index in [1.165, 1.54) is 12.1 Å². The van der Waals surface area contributed by atoms with Crippen molar-refractivity contribution in [3.05, 3.63) is 239 Å². The van der Waals surface area contributed by atoms with Gasteiger partial charge in [-0.25, -0.2) is 13.1 Å². The van der Waals surface area contributed by atoms with E-state index in [2.05, 4.69) is 10.0 Å². The first kappa shape index (κ1) is 50.8. The Bertz CT molecular complexity index is 2900. The molecule has 12 nitrogen and oxygen atoms in total. The van der Waals surface area contributed by atoms with Crippen LogP contribution in [0.2, 0.25) is 0 Å². The molecule has 0 spiro atoms. The fourth-order valence-electron chi connectivity index (χ4n) is 8.42. The zero-order valence-corrected chi connectivity index (χ0v) is 41.8. The van der Waals surface area contributed by atoms with E-state index < -0.39 is 15.9 Å². The van der Waals surface area contributed by atoms with E-state index >= 15 is 0 Å². The van der Waals surface area contributed by atoms with E-state index in [9.17, 15) is 13.2 Å². The predicted octanol–water partition coefficient (Wildman–Crippen LogP) is 12.0. The quantitative estimate of drug-likeness (QED) is 0.0563. The molecular formula is C61H59N3O9S. The molecule has 1 amide bonds. The Balaban J connectivity index is 0.964. The fraction of sp³-hybridized carbons (Fsp3) is 0.197. The summed E-state index contributed by atoms with van der Waals surface area (Å²) in [6, 6.07) is 61.4. The molecule has 1 aliphatic carbocycles. The lowest BCUT2D eigenvalue weighted by Crippen LogP contribution is -2.49. The zero-order valence-electron chi connectivity index (χ0n) is 40.9. The maximum absolute atomic E-state index is 14.1. The summed E-state index contributed by atoms with van der Waals surface area (Å²) >= 11 is 0. The highest BCUT2D eigenvalue weighted by atomic mass is 32.2. The molecule has 0 unspecified atom stereocenters. The third kappa shape index (κ3) is 15.0. The molecule has 2 atom stereocenters. The molecule has 13 heteroatoms. The van der Waals surface area contributed by atoms with Crippen LogP contribution < -0.4 is 44.2 Å². The van der Waals surface area contributed by atoms with E-state index in [4.69, 9.17) is 34.2 Å². The number of sulfonamides is 1. The van der Waals surface area contributed by atoms with E-state index in [0.29, 0.717) is 73.0 Å². The minimum Gasteiger partial charge on any atom is -0.489 e. The van der Waals surface area contributed by atoms with E-state index in [-0.39, 0.29) is 35.8 Å². The molecule has 0 aliphatic heterocycles. The molecule has 8 aromatic carbocycles. The third-order valence-electron chi connectivity index (χ3n) is 12.4. The summed E-state index contributed by atoms with van der Waals surface area (Å²) in [4.78, 5) is 14.2. The van der Waals surface area contributed by atoms with Crippen LogP contribution in [0.25, 0.3) is 0 Å². The first-order chi connectivity index (χ1) is 36.2. The average Bonchev–Trinajstić information content (AvgIpc) is 3.43. The number of hydrogen-bond acceptors (Lipinski definition) is 10. The maximum Gasteiger partial charge on any atom is 0.255 e. The molecule has 1 fully saturated rings. The molecule has 0 aromatic heterocycles. The highest BCUT2D eigenvalue weighted by molar-refractivity contribution is 7.89. The molecule has 8 aromatic rings. The normalized spacial score (nSPS) is 14.3. The average molecular weight is 1010 g/mol. The number of nitrogens with two attached hydrogens (primary N) is 1. The number of rotatable bonds is 23. The van der Waals surface area contributed by atoms with Crippen molar-refractivity contribution in [2.75, 3.05) is 5.32 Å². The summed E-state index contributed by atoms with van der Waals surface area (Å²) in [5.41, 5.74) is 12.5. The van der Waals surface area contributed by atoms with Crippen LogP contribution in [0.3, 0.4) is 0 Å². The van der Waals surface area contributed by atoms with Crippen molar-refractivity contribution in [3.8, 4) is 34.5 Å². The molecule has 0 saturated heterocycles. The van der Waals surface area contributed by atoms with Crippen molar-refractivity contribution in [1.82, 2.24) is 4.72 Å². The standard InChI is InChI=1S/C61H59N3O9S/c62-59-23-13-14-24-60(59)64-74(66,67)58-27-25-51(26-28-58)63-61(65)50-33-56(72-42-48-29-52(68-38-44-15-5-1-6-16-44)35-53(30-48)69-39-45-17-7-2-8-18-45)37-57(34-50)73-43-49-31-54(70-40-46-19-9-3-10-20-46)36-55(32-49)71-41-47-21-11-4-12-22-47/h1-12,15-22,25-37,59-60,64H,13-14,23-24,38-43,62H2,(H,63,65)/t59-,60-/m1/s1. The van der Waals surface area contributed by atoms with Crippen LogP contribution in [0.1, 0.15) is 69.4 Å². The zero-order chi connectivity index (χ0) is 51.0. The Kier molecular flexibility index (Phi) is 17.2. The summed E-state index contributed by atoms with van der Waals surface area (Å²) in [7, 11) is -3.84. The van der Waals surface area contributed by atoms with Crippen LogP contribution in [-0.2, 0) is 49.7 Å². The second-order valence-corrected chi connectivity index (χ2v) is 19.9. The van der Waals surface area contributed by atoms with Gasteiger partial charge in [0.05, 0.1) is 4.90 Å². The monoisotopic (exact) mass is 1010 g/mol. The maximum atomic E-state index is 14.1. The van der Waals surface area contributed by atoms with Crippen LogP contribution in [0.15, 0.2) is 205 Å². The number of amides is 1. The van der Waals surface area contributed by atoms with Crippen LogP contribution in [0.4, 0.5) is 5.69 Å². The second-order valence-electron chi connectivity index (χ2n) is 18.1. The van der Waals surface area contributed by atoms with Gasteiger partial charge in [0.15, 0.2) is 0 Å². The first-order valence-electron chi connectivity index (χ1n) is 24.7. The van der Waals surface area contributed by atoms with Gasteiger partial charge in [-0.1, -0.05) is 134 Å². The van der Waals surface area contributed by atoms with Gasteiger partial charge in [0.2, 0.25) is 10.0 Å². The molecular weight excluding hydrogens is 951 g/mol. The van der Waals surface area contributed by atoms with Crippen LogP contribution in [0, 0.1) is 0 Å². The van der Waals surface area contributed by atoms with Gasteiger partial charge in [0.25, 0.3) is 5.91 Å². The van der Waals surface area contributed by atoms with Crippen molar-refractivity contribution >= 4 is 21.6 Å². The summed E-state index contributed by atoms with van der Waals surface area (Å²) in [6.07, 6.45) is 3.34. The first-order valence-corrected chi connectivity index (χ1v) is 26.2. The van der Waals surface area contributed by atoms with Crippen LogP contribution in [0.5, 0.6) is 34.5 Å². The molecule has 74 heavy (non-hydrogen) atoms. The fourth-order valence-corrected chi connectivity index (χ4v) is 9.74. The van der Waals surface area contributed by atoms with Crippen LogP contribution in [-0.4, -0.2) is 26.4 Å². The minimum absolute atomic E-state index is 0.0747. The summed E-state index contributed by atoms with van der Waals surface area (Å²) < 4.78 is 67.5. The van der Waals surface area contributed by atoms with Gasteiger partial charge in [-0.2, -0.15) is 0 Å². The topological polar surface area (TPSA) is 157 Å². The minimum atomic E-state index is -3.84. The Morgan fingerprint density at radius 2 is 0.770 bits per heavy atom. The van der Waals surface area contributed by atoms with Gasteiger partial charge < -0.3 is 39.5 Å². The summed E-state index contributed by atoms with van der Waals surface area (Å²) in [5.74, 6) is 2.65. The number of carbonyl (C=O) groups is 1. The van der Waals surface area contributed by atoms with E-state index in [1.807, 2.05) is 158 Å². The van der Waals surface area contributed by atoms with Gasteiger partial charge >= 0.3 is 0 Å². The van der Waals surface area contributed by atoms with Gasteiger partial charge in [0, 0.05) is 41.5 Å². The van der Waals surface area contributed by atoms with Gasteiger partial charge in [-0.05, 0) is 107 Å². The third-order valence-corrected chi connectivity index (χ3v) is 13.9. The van der Waals surface area contributed by atoms with Crippen LogP contribution >= 0.6 is 0 Å². The molecule has 0 bridgehead atoms. The Hall–Kier alpha value is -8.10. The lowest BCUT2D eigenvalue weighted by molar-refractivity contribution is 0.102. The second kappa shape index (κ2) is 25.0. The Morgan fingerprint density at radius 3 is 1.14 bits per heavy atom. The number of benzene rings is 8. The number of hydrogen-bond donors (Lipinski definition) is 3. The molecule has 0 heterocycles. The molecule has 1 aliphatic rings. The molecule has 0 radical (unpaired) electrons. The lowest BCUT2D eigenvalue weighted by atomic mass is 9.92. The van der Waals surface area contributed by atoms with Crippen molar-refractivity contribution in [2.45, 2.75) is 82.3 Å². The summed E-state index contributed by atoms with van der Waals surface area (Å²) in [5, 5.41) is 2.92. The SMILES string of the molecule is N[C@@H]1CCCC[C@H]1NS(=O)(=O)c1ccc(NC(=O)c2cc(OCc3cc(OCc4ccccc4)cc(OCc4ccccc4)c3)cc(OCc3cc(OCc4ccccc4)cc(OCc4ccccc4)c3)c2)cc1. The van der Waals surface area contributed by atoms with E-state index in [1.54, 1.807) is 30.3 Å². The van der Waals surface area contributed by atoms with Crippen molar-refractivity contribution in [1.29, 1.82) is 0 Å². The molecule has 378 valence electrons.